The highest BCUT2D eigenvalue weighted by Crippen LogP contribution is 2.18. The quantitative estimate of drug-likeness (QED) is 0.911. The van der Waals surface area contributed by atoms with Crippen LogP contribution in [0, 0.1) is 20.8 Å². The molecule has 2 aromatic rings. The summed E-state index contributed by atoms with van der Waals surface area (Å²) in [4.78, 5) is 0. The maximum Gasteiger partial charge on any atom is 0.0649 e. The molecule has 19 heavy (non-hydrogen) atoms. The lowest BCUT2D eigenvalue weighted by Crippen LogP contribution is -2.22. The van der Waals surface area contributed by atoms with E-state index < -0.39 is 0 Å². The Balaban J connectivity index is 2.32. The van der Waals surface area contributed by atoms with E-state index in [1.165, 1.54) is 16.8 Å². The van der Waals surface area contributed by atoms with Crippen LogP contribution in [0.2, 0.25) is 0 Å². The smallest absolute Gasteiger partial charge is 0.0649 e. The number of hydrogen-bond donors (Lipinski definition) is 1. The lowest BCUT2D eigenvalue weighted by atomic mass is 10.2. The highest BCUT2D eigenvalue weighted by molar-refractivity contribution is 5.38. The van der Waals surface area contributed by atoms with E-state index in [2.05, 4.69) is 69.3 Å². The summed E-state index contributed by atoms with van der Waals surface area (Å²) in [6, 6.07) is 8.97. The van der Waals surface area contributed by atoms with Gasteiger partial charge in [0.1, 0.15) is 0 Å². The molecule has 0 radical (unpaired) electrons. The minimum absolute atomic E-state index is 0.488. The Hall–Kier alpha value is -1.61. The fourth-order valence-corrected chi connectivity index (χ4v) is 2.17. The van der Waals surface area contributed by atoms with Crippen molar-refractivity contribution in [3.8, 4) is 5.69 Å². The molecule has 0 fully saturated rings. The van der Waals surface area contributed by atoms with Gasteiger partial charge in [-0.1, -0.05) is 31.5 Å². The number of rotatable bonds is 4. The van der Waals surface area contributed by atoms with Gasteiger partial charge in [0, 0.05) is 23.8 Å². The van der Waals surface area contributed by atoms with E-state index in [0.717, 1.165) is 17.9 Å². The number of aryl methyl sites for hydroxylation is 2. The van der Waals surface area contributed by atoms with Crippen LogP contribution in [-0.2, 0) is 6.54 Å². The van der Waals surface area contributed by atoms with Crippen molar-refractivity contribution in [2.24, 2.45) is 0 Å². The van der Waals surface area contributed by atoms with Gasteiger partial charge in [-0.15, -0.1) is 0 Å². The first-order valence-electron chi connectivity index (χ1n) is 6.84. The highest BCUT2D eigenvalue weighted by atomic mass is 15.3. The van der Waals surface area contributed by atoms with Crippen molar-refractivity contribution in [1.82, 2.24) is 15.1 Å². The van der Waals surface area contributed by atoms with E-state index in [4.69, 9.17) is 0 Å². The minimum atomic E-state index is 0.488. The number of aromatic nitrogens is 2. The van der Waals surface area contributed by atoms with Crippen molar-refractivity contribution < 1.29 is 0 Å². The van der Waals surface area contributed by atoms with Crippen molar-refractivity contribution in [3.05, 3.63) is 46.8 Å². The topological polar surface area (TPSA) is 29.9 Å². The van der Waals surface area contributed by atoms with Crippen molar-refractivity contribution in [2.75, 3.05) is 0 Å². The third kappa shape index (κ3) is 3.04. The predicted molar refractivity (Wildman–Crippen MR) is 79.8 cm³/mol. The van der Waals surface area contributed by atoms with Crippen LogP contribution in [0.1, 0.15) is 36.4 Å². The molecule has 1 aromatic carbocycles. The molecule has 0 spiro atoms. The standard InChI is InChI=1S/C16H23N3/c1-11(2)17-10-16-13(4)18-19(14(16)5)15-8-6-12(3)7-9-15/h6-9,11,17H,10H2,1-5H3. The maximum atomic E-state index is 4.66. The summed E-state index contributed by atoms with van der Waals surface area (Å²) in [5.74, 6) is 0. The Kier molecular flexibility index (Phi) is 4.05. The van der Waals surface area contributed by atoms with Gasteiger partial charge in [0.25, 0.3) is 0 Å². The van der Waals surface area contributed by atoms with Crippen LogP contribution in [-0.4, -0.2) is 15.8 Å². The van der Waals surface area contributed by atoms with Gasteiger partial charge < -0.3 is 5.32 Å². The number of benzene rings is 1. The first-order chi connectivity index (χ1) is 8.99. The number of nitrogens with zero attached hydrogens (tertiary/aromatic N) is 2. The molecular weight excluding hydrogens is 234 g/mol. The van der Waals surface area contributed by atoms with E-state index in [1.807, 2.05) is 4.68 Å². The molecule has 0 saturated carbocycles. The summed E-state index contributed by atoms with van der Waals surface area (Å²) in [5.41, 5.74) is 6.02. The molecule has 0 aliphatic carbocycles. The van der Waals surface area contributed by atoms with E-state index in [1.54, 1.807) is 0 Å². The third-order valence-corrected chi connectivity index (χ3v) is 3.41. The monoisotopic (exact) mass is 257 g/mol. The average molecular weight is 257 g/mol. The molecule has 1 N–H and O–H groups in total. The Labute approximate surface area is 115 Å². The summed E-state index contributed by atoms with van der Waals surface area (Å²) in [6.45, 7) is 11.5. The van der Waals surface area contributed by atoms with Crippen LogP contribution < -0.4 is 5.32 Å². The zero-order valence-electron chi connectivity index (χ0n) is 12.5. The van der Waals surface area contributed by atoms with Gasteiger partial charge in [-0.05, 0) is 32.9 Å². The van der Waals surface area contributed by atoms with E-state index in [9.17, 15) is 0 Å². The van der Waals surface area contributed by atoms with Gasteiger partial charge >= 0.3 is 0 Å². The lowest BCUT2D eigenvalue weighted by molar-refractivity contribution is 0.586. The van der Waals surface area contributed by atoms with Gasteiger partial charge in [0.15, 0.2) is 0 Å². The average Bonchev–Trinajstić information content (AvgIpc) is 2.63. The lowest BCUT2D eigenvalue weighted by Gasteiger charge is -2.09. The third-order valence-electron chi connectivity index (χ3n) is 3.41. The molecular formula is C16H23N3. The fraction of sp³-hybridized carbons (Fsp3) is 0.438. The molecule has 0 amide bonds. The van der Waals surface area contributed by atoms with Crippen molar-refractivity contribution in [2.45, 2.75) is 47.2 Å². The Bertz CT molecular complexity index is 550. The van der Waals surface area contributed by atoms with Crippen LogP contribution in [0.15, 0.2) is 24.3 Å². The molecule has 3 nitrogen and oxygen atoms in total. The summed E-state index contributed by atoms with van der Waals surface area (Å²) < 4.78 is 2.03. The molecule has 0 aliphatic heterocycles. The zero-order valence-corrected chi connectivity index (χ0v) is 12.5. The van der Waals surface area contributed by atoms with Crippen LogP contribution in [0.3, 0.4) is 0 Å². The summed E-state index contributed by atoms with van der Waals surface area (Å²) >= 11 is 0. The normalized spacial score (nSPS) is 11.3. The van der Waals surface area contributed by atoms with Gasteiger partial charge in [-0.2, -0.15) is 5.10 Å². The molecule has 0 saturated heterocycles. The molecule has 102 valence electrons. The van der Waals surface area contributed by atoms with Gasteiger partial charge in [0.05, 0.1) is 11.4 Å². The van der Waals surface area contributed by atoms with Crippen molar-refractivity contribution in [1.29, 1.82) is 0 Å². The Morgan fingerprint density at radius 1 is 1.11 bits per heavy atom. The van der Waals surface area contributed by atoms with Crippen LogP contribution in [0.4, 0.5) is 0 Å². The Morgan fingerprint density at radius 3 is 2.32 bits per heavy atom. The van der Waals surface area contributed by atoms with Gasteiger partial charge in [0.2, 0.25) is 0 Å². The molecule has 1 heterocycles. The second kappa shape index (κ2) is 5.57. The van der Waals surface area contributed by atoms with E-state index in [-0.39, 0.29) is 0 Å². The van der Waals surface area contributed by atoms with Gasteiger partial charge in [-0.3, -0.25) is 0 Å². The first-order valence-corrected chi connectivity index (χ1v) is 6.84. The summed E-state index contributed by atoms with van der Waals surface area (Å²) in [6.07, 6.45) is 0. The maximum absolute atomic E-state index is 4.66. The van der Waals surface area contributed by atoms with Crippen molar-refractivity contribution in [3.63, 3.8) is 0 Å². The van der Waals surface area contributed by atoms with E-state index >= 15 is 0 Å². The minimum Gasteiger partial charge on any atom is -0.310 e. The number of hydrogen-bond acceptors (Lipinski definition) is 2. The molecule has 0 bridgehead atoms. The van der Waals surface area contributed by atoms with Gasteiger partial charge in [-0.25, -0.2) is 4.68 Å². The summed E-state index contributed by atoms with van der Waals surface area (Å²) in [7, 11) is 0. The second-order valence-corrected chi connectivity index (χ2v) is 5.43. The molecule has 1 aromatic heterocycles. The first kappa shape index (κ1) is 13.8. The molecule has 0 aliphatic rings. The Morgan fingerprint density at radius 2 is 1.74 bits per heavy atom. The summed E-state index contributed by atoms with van der Waals surface area (Å²) in [5, 5.41) is 8.13. The fourth-order valence-electron chi connectivity index (χ4n) is 2.17. The predicted octanol–water partition coefficient (Wildman–Crippen LogP) is 3.30. The van der Waals surface area contributed by atoms with Crippen LogP contribution in [0.5, 0.6) is 0 Å². The molecule has 2 rings (SSSR count). The second-order valence-electron chi connectivity index (χ2n) is 5.43. The SMILES string of the molecule is Cc1ccc(-n2nc(C)c(CNC(C)C)c2C)cc1. The molecule has 3 heteroatoms. The zero-order chi connectivity index (χ0) is 14.0. The highest BCUT2D eigenvalue weighted by Gasteiger charge is 2.12. The van der Waals surface area contributed by atoms with Crippen molar-refractivity contribution >= 4 is 0 Å². The van der Waals surface area contributed by atoms with E-state index in [0.29, 0.717) is 6.04 Å². The molecule has 0 atom stereocenters. The van der Waals surface area contributed by atoms with Crippen LogP contribution >= 0.6 is 0 Å². The molecule has 0 unspecified atom stereocenters. The van der Waals surface area contributed by atoms with Crippen LogP contribution in [0.25, 0.3) is 5.69 Å². The largest absolute Gasteiger partial charge is 0.310 e. The number of nitrogens with one attached hydrogen (secondary N) is 1.